The molecule has 0 unspecified atom stereocenters. The Hall–Kier alpha value is -1.48. The standard InChI is InChI=1S/C30H46NO.BrH/c1-2-3-4-5-6-7-8-9-10-11-12-13-14-15-16-20-25-31-26-21-24-29(27-31)30(32)28-22-18-17-19-23-28;/h17-19,21-24,26-27H,2-16,20,25H2,1H3;1H/q+1;/p-1. The van der Waals surface area contributed by atoms with Gasteiger partial charge in [-0.2, -0.15) is 0 Å². The lowest BCUT2D eigenvalue weighted by Gasteiger charge is -2.04. The number of hydrogen-bond donors (Lipinski definition) is 0. The second kappa shape index (κ2) is 19.9. The lowest BCUT2D eigenvalue weighted by atomic mass is 10.0. The normalized spacial score (nSPS) is 10.7. The number of benzene rings is 1. The second-order valence-electron chi connectivity index (χ2n) is 9.33. The van der Waals surface area contributed by atoms with E-state index in [1.165, 1.54) is 103 Å². The predicted molar refractivity (Wildman–Crippen MR) is 136 cm³/mol. The van der Waals surface area contributed by atoms with Gasteiger partial charge in [0.15, 0.2) is 18.2 Å². The molecule has 0 fully saturated rings. The molecular weight excluding hydrogens is 470 g/mol. The molecule has 0 atom stereocenters. The number of pyridine rings is 1. The van der Waals surface area contributed by atoms with E-state index < -0.39 is 0 Å². The van der Waals surface area contributed by atoms with Crippen molar-refractivity contribution in [3.05, 3.63) is 66.0 Å². The van der Waals surface area contributed by atoms with Crippen molar-refractivity contribution in [2.45, 2.75) is 116 Å². The summed E-state index contributed by atoms with van der Waals surface area (Å²) in [5.41, 5.74) is 1.53. The molecule has 0 spiro atoms. The van der Waals surface area contributed by atoms with Crippen LogP contribution in [0.15, 0.2) is 54.9 Å². The van der Waals surface area contributed by atoms with Gasteiger partial charge in [-0.05, 0) is 12.5 Å². The number of rotatable bonds is 19. The molecule has 2 rings (SSSR count). The number of nitrogens with zero attached hydrogens (tertiary/aromatic N) is 1. The molecule has 3 heteroatoms. The van der Waals surface area contributed by atoms with Crippen molar-refractivity contribution in [2.75, 3.05) is 0 Å². The van der Waals surface area contributed by atoms with E-state index in [-0.39, 0.29) is 22.8 Å². The summed E-state index contributed by atoms with van der Waals surface area (Å²) >= 11 is 0. The molecule has 0 N–H and O–H groups in total. The maximum absolute atomic E-state index is 12.6. The van der Waals surface area contributed by atoms with Crippen molar-refractivity contribution < 1.29 is 26.3 Å². The van der Waals surface area contributed by atoms with Crippen LogP contribution in [0.2, 0.25) is 0 Å². The summed E-state index contributed by atoms with van der Waals surface area (Å²) in [6.45, 7) is 3.28. The topological polar surface area (TPSA) is 20.9 Å². The van der Waals surface area contributed by atoms with Gasteiger partial charge in [0.05, 0.1) is 5.56 Å². The van der Waals surface area contributed by atoms with Crippen molar-refractivity contribution in [3.8, 4) is 0 Å². The van der Waals surface area contributed by atoms with E-state index in [1.807, 2.05) is 48.7 Å². The first-order valence-corrected chi connectivity index (χ1v) is 13.4. The van der Waals surface area contributed by atoms with E-state index in [0.29, 0.717) is 0 Å². The van der Waals surface area contributed by atoms with Crippen LogP contribution < -0.4 is 21.5 Å². The van der Waals surface area contributed by atoms with Gasteiger partial charge in [0.1, 0.15) is 6.54 Å². The van der Waals surface area contributed by atoms with Gasteiger partial charge in [0.2, 0.25) is 0 Å². The van der Waals surface area contributed by atoms with Crippen LogP contribution in [-0.2, 0) is 6.54 Å². The van der Waals surface area contributed by atoms with Gasteiger partial charge < -0.3 is 17.0 Å². The molecule has 2 aromatic rings. The fourth-order valence-corrected chi connectivity index (χ4v) is 4.39. The van der Waals surface area contributed by atoms with Crippen LogP contribution in [0.25, 0.3) is 0 Å². The highest BCUT2D eigenvalue weighted by Gasteiger charge is 2.12. The number of unbranched alkanes of at least 4 members (excludes halogenated alkanes) is 15. The number of aromatic nitrogens is 1. The molecule has 0 saturated heterocycles. The number of ketones is 1. The van der Waals surface area contributed by atoms with E-state index in [0.717, 1.165) is 17.7 Å². The molecule has 0 aliphatic heterocycles. The van der Waals surface area contributed by atoms with E-state index in [2.05, 4.69) is 17.7 Å². The first-order valence-electron chi connectivity index (χ1n) is 13.4. The Balaban J connectivity index is 0.00000544. The minimum Gasteiger partial charge on any atom is -1.00 e. The van der Waals surface area contributed by atoms with Gasteiger partial charge in [0, 0.05) is 18.1 Å². The molecule has 0 bridgehead atoms. The summed E-state index contributed by atoms with van der Waals surface area (Å²) in [6, 6.07) is 13.5. The molecule has 2 nitrogen and oxygen atoms in total. The van der Waals surface area contributed by atoms with Gasteiger partial charge in [-0.1, -0.05) is 127 Å². The zero-order valence-corrected chi connectivity index (χ0v) is 22.5. The SMILES string of the molecule is CCCCCCCCCCCCCCCCCC[n+]1cccc(C(=O)c2ccccc2)c1.[Br-]. The maximum atomic E-state index is 12.6. The number of hydrogen-bond acceptors (Lipinski definition) is 1. The molecule has 0 saturated carbocycles. The predicted octanol–water partition coefficient (Wildman–Crippen LogP) is 5.47. The van der Waals surface area contributed by atoms with E-state index >= 15 is 0 Å². The van der Waals surface area contributed by atoms with Crippen LogP contribution in [0, 0.1) is 0 Å². The molecule has 1 heterocycles. The minimum absolute atomic E-state index is 0. The van der Waals surface area contributed by atoms with Crippen molar-refractivity contribution in [2.24, 2.45) is 0 Å². The Morgan fingerprint density at radius 2 is 1.06 bits per heavy atom. The van der Waals surface area contributed by atoms with Crippen LogP contribution in [0.1, 0.15) is 126 Å². The monoisotopic (exact) mass is 515 g/mol. The van der Waals surface area contributed by atoms with Crippen molar-refractivity contribution in [1.82, 2.24) is 0 Å². The smallest absolute Gasteiger partial charge is 0.199 e. The molecule has 1 aromatic carbocycles. The van der Waals surface area contributed by atoms with Gasteiger partial charge in [-0.25, -0.2) is 4.57 Å². The summed E-state index contributed by atoms with van der Waals surface area (Å²) < 4.78 is 2.17. The fraction of sp³-hybridized carbons (Fsp3) is 0.600. The van der Waals surface area contributed by atoms with Crippen molar-refractivity contribution in [3.63, 3.8) is 0 Å². The first-order chi connectivity index (χ1) is 15.8. The number of carbonyl (C=O) groups excluding carboxylic acids is 1. The summed E-state index contributed by atoms with van der Waals surface area (Å²) in [6.07, 6.45) is 26.4. The Labute approximate surface area is 214 Å². The molecular formula is C30H46BrNO. The number of aryl methyl sites for hydroxylation is 1. The lowest BCUT2D eigenvalue weighted by molar-refractivity contribution is -0.697. The number of carbonyl (C=O) groups is 1. The zero-order chi connectivity index (χ0) is 22.7. The van der Waals surface area contributed by atoms with E-state index in [1.54, 1.807) is 0 Å². The summed E-state index contributed by atoms with van der Waals surface area (Å²) in [4.78, 5) is 12.6. The lowest BCUT2D eigenvalue weighted by Crippen LogP contribution is -3.00. The molecule has 0 amide bonds. The second-order valence-corrected chi connectivity index (χ2v) is 9.33. The van der Waals surface area contributed by atoms with E-state index in [9.17, 15) is 4.79 Å². The summed E-state index contributed by atoms with van der Waals surface area (Å²) in [5, 5.41) is 0. The third kappa shape index (κ3) is 13.7. The van der Waals surface area contributed by atoms with Crippen molar-refractivity contribution >= 4 is 5.78 Å². The first kappa shape index (κ1) is 29.6. The Morgan fingerprint density at radius 1 is 0.606 bits per heavy atom. The van der Waals surface area contributed by atoms with Gasteiger partial charge in [0.25, 0.3) is 0 Å². The summed E-state index contributed by atoms with van der Waals surface area (Å²) in [7, 11) is 0. The Kier molecular flexibility index (Phi) is 17.9. The average Bonchev–Trinajstić information content (AvgIpc) is 2.84. The Bertz CT molecular complexity index is 731. The largest absolute Gasteiger partial charge is 1.00 e. The third-order valence-electron chi connectivity index (χ3n) is 6.43. The molecule has 0 radical (unpaired) electrons. The zero-order valence-electron chi connectivity index (χ0n) is 21.0. The van der Waals surface area contributed by atoms with Gasteiger partial charge in [-0.3, -0.25) is 4.79 Å². The van der Waals surface area contributed by atoms with Crippen molar-refractivity contribution in [1.29, 1.82) is 0 Å². The molecule has 184 valence electrons. The van der Waals surface area contributed by atoms with Gasteiger partial charge in [-0.15, -0.1) is 0 Å². The minimum atomic E-state index is 0. The molecule has 0 aliphatic carbocycles. The highest BCUT2D eigenvalue weighted by molar-refractivity contribution is 6.08. The third-order valence-corrected chi connectivity index (χ3v) is 6.43. The fourth-order valence-electron chi connectivity index (χ4n) is 4.39. The molecule has 0 aliphatic rings. The molecule has 1 aromatic heterocycles. The average molecular weight is 517 g/mol. The highest BCUT2D eigenvalue weighted by Crippen LogP contribution is 2.14. The van der Waals surface area contributed by atoms with Crippen LogP contribution in [0.4, 0.5) is 0 Å². The number of halogens is 1. The molecule has 33 heavy (non-hydrogen) atoms. The highest BCUT2D eigenvalue weighted by atomic mass is 79.9. The quantitative estimate of drug-likeness (QED) is 0.138. The van der Waals surface area contributed by atoms with Crippen LogP contribution in [-0.4, -0.2) is 5.78 Å². The van der Waals surface area contributed by atoms with E-state index in [4.69, 9.17) is 0 Å². The van der Waals surface area contributed by atoms with Crippen LogP contribution in [0.5, 0.6) is 0 Å². The maximum Gasteiger partial charge on any atom is 0.199 e. The Morgan fingerprint density at radius 3 is 1.58 bits per heavy atom. The van der Waals surface area contributed by atoms with Crippen LogP contribution >= 0.6 is 0 Å². The summed E-state index contributed by atoms with van der Waals surface area (Å²) in [5.74, 6) is 0.104. The van der Waals surface area contributed by atoms with Crippen LogP contribution in [0.3, 0.4) is 0 Å². The van der Waals surface area contributed by atoms with Gasteiger partial charge >= 0.3 is 0 Å².